The number of phenolic OH excluding ortho intramolecular Hbond substituents is 1. The molecule has 0 spiro atoms. The lowest BCUT2D eigenvalue weighted by atomic mass is 10.2. The Labute approximate surface area is 125 Å². The first kappa shape index (κ1) is 13.6. The summed E-state index contributed by atoms with van der Waals surface area (Å²) in [6.07, 6.45) is 0. The Morgan fingerprint density at radius 1 is 1.40 bits per heavy atom. The van der Waals surface area contributed by atoms with Gasteiger partial charge in [-0.1, -0.05) is 11.2 Å². The van der Waals surface area contributed by atoms with Gasteiger partial charge in [0.05, 0.1) is 17.9 Å². The molecule has 5 nitrogen and oxygen atoms in total. The van der Waals surface area contributed by atoms with Crippen LogP contribution >= 0.6 is 23.5 Å². The van der Waals surface area contributed by atoms with Gasteiger partial charge in [0.1, 0.15) is 0 Å². The van der Waals surface area contributed by atoms with Crippen molar-refractivity contribution >= 4 is 23.5 Å². The van der Waals surface area contributed by atoms with Gasteiger partial charge in [-0.25, -0.2) is 0 Å². The minimum absolute atomic E-state index is 0.0240. The molecule has 1 fully saturated rings. The molecule has 0 bridgehead atoms. The highest BCUT2D eigenvalue weighted by Crippen LogP contribution is 2.39. The summed E-state index contributed by atoms with van der Waals surface area (Å²) in [4.78, 5) is 4.41. The maximum atomic E-state index is 10.1. The monoisotopic (exact) mass is 310 g/mol. The minimum atomic E-state index is 0.0240. The van der Waals surface area contributed by atoms with Crippen LogP contribution in [-0.2, 0) is 0 Å². The first-order chi connectivity index (χ1) is 9.79. The van der Waals surface area contributed by atoms with Gasteiger partial charge >= 0.3 is 0 Å². The molecule has 1 atom stereocenters. The van der Waals surface area contributed by atoms with E-state index in [0.717, 1.165) is 11.5 Å². The van der Waals surface area contributed by atoms with Gasteiger partial charge in [-0.05, 0) is 12.1 Å². The highest BCUT2D eigenvalue weighted by molar-refractivity contribution is 8.06. The molecule has 0 saturated carbocycles. The van der Waals surface area contributed by atoms with Crippen molar-refractivity contribution in [1.29, 1.82) is 0 Å². The van der Waals surface area contributed by atoms with Crippen molar-refractivity contribution in [1.82, 2.24) is 10.1 Å². The van der Waals surface area contributed by atoms with E-state index in [0.29, 0.717) is 23.0 Å². The molecule has 3 rings (SSSR count). The molecule has 1 aliphatic heterocycles. The van der Waals surface area contributed by atoms with Crippen molar-refractivity contribution in [2.24, 2.45) is 0 Å². The largest absolute Gasteiger partial charge is 0.504 e. The van der Waals surface area contributed by atoms with Crippen LogP contribution in [0.3, 0.4) is 0 Å². The van der Waals surface area contributed by atoms with Gasteiger partial charge in [0.25, 0.3) is 5.89 Å². The van der Waals surface area contributed by atoms with Gasteiger partial charge < -0.3 is 14.4 Å². The van der Waals surface area contributed by atoms with Gasteiger partial charge in [-0.15, -0.1) is 11.8 Å². The first-order valence-electron chi connectivity index (χ1n) is 6.19. The van der Waals surface area contributed by atoms with Crippen LogP contribution in [0.1, 0.15) is 11.1 Å². The van der Waals surface area contributed by atoms with Crippen molar-refractivity contribution in [2.45, 2.75) is 5.25 Å². The van der Waals surface area contributed by atoms with Gasteiger partial charge in [0, 0.05) is 17.3 Å². The second kappa shape index (κ2) is 5.97. The zero-order valence-corrected chi connectivity index (χ0v) is 12.5. The maximum absolute atomic E-state index is 10.1. The molecule has 1 aromatic heterocycles. The summed E-state index contributed by atoms with van der Waals surface area (Å²) < 4.78 is 10.4. The lowest BCUT2D eigenvalue weighted by Crippen LogP contribution is -2.07. The van der Waals surface area contributed by atoms with Gasteiger partial charge in [-0.2, -0.15) is 16.7 Å². The highest BCUT2D eigenvalue weighted by Gasteiger charge is 2.23. The van der Waals surface area contributed by atoms with Crippen molar-refractivity contribution in [3.05, 3.63) is 24.0 Å². The van der Waals surface area contributed by atoms with Crippen molar-refractivity contribution in [3.8, 4) is 23.0 Å². The number of hydrogen-bond acceptors (Lipinski definition) is 7. The average molecular weight is 310 g/mol. The van der Waals surface area contributed by atoms with E-state index < -0.39 is 0 Å². The topological polar surface area (TPSA) is 68.4 Å². The number of ether oxygens (including phenoxy) is 1. The number of nitrogens with zero attached hydrogens (tertiary/aromatic N) is 2. The summed E-state index contributed by atoms with van der Waals surface area (Å²) in [6, 6.07) is 5.20. The SMILES string of the molecule is COc1cccc(-c2nc(C3CSCCS3)no2)c1O. The summed E-state index contributed by atoms with van der Waals surface area (Å²) in [5.74, 6) is 4.70. The molecule has 1 aliphatic rings. The van der Waals surface area contributed by atoms with Crippen LogP contribution in [0.25, 0.3) is 11.5 Å². The fourth-order valence-electron chi connectivity index (χ4n) is 1.97. The van der Waals surface area contributed by atoms with E-state index in [4.69, 9.17) is 9.26 Å². The second-order valence-electron chi connectivity index (χ2n) is 4.25. The molecular weight excluding hydrogens is 296 g/mol. The third-order valence-corrected chi connectivity index (χ3v) is 5.75. The molecule has 2 heterocycles. The van der Waals surface area contributed by atoms with E-state index in [9.17, 15) is 5.11 Å². The molecule has 1 N–H and O–H groups in total. The summed E-state index contributed by atoms with van der Waals surface area (Å²) in [6.45, 7) is 0. The Morgan fingerprint density at radius 3 is 3.05 bits per heavy atom. The Morgan fingerprint density at radius 2 is 2.30 bits per heavy atom. The number of methoxy groups -OCH3 is 1. The Hall–Kier alpha value is -1.34. The van der Waals surface area contributed by atoms with Crippen LogP contribution in [-0.4, -0.2) is 39.6 Å². The molecule has 0 amide bonds. The minimum Gasteiger partial charge on any atom is -0.504 e. The third kappa shape index (κ3) is 2.60. The smallest absolute Gasteiger partial charge is 0.261 e. The van der Waals surface area contributed by atoms with E-state index in [1.807, 2.05) is 23.5 Å². The van der Waals surface area contributed by atoms with Gasteiger partial charge in [-0.3, -0.25) is 0 Å². The fraction of sp³-hybridized carbons (Fsp3) is 0.385. The van der Waals surface area contributed by atoms with Crippen molar-refractivity contribution in [2.75, 3.05) is 24.4 Å². The van der Waals surface area contributed by atoms with Crippen LogP contribution in [0, 0.1) is 0 Å². The maximum Gasteiger partial charge on any atom is 0.261 e. The van der Waals surface area contributed by atoms with Crippen LogP contribution in [0.15, 0.2) is 22.7 Å². The van der Waals surface area contributed by atoms with E-state index >= 15 is 0 Å². The van der Waals surface area contributed by atoms with Crippen LogP contribution in [0.2, 0.25) is 0 Å². The van der Waals surface area contributed by atoms with Crippen LogP contribution in [0.5, 0.6) is 11.5 Å². The third-order valence-electron chi connectivity index (χ3n) is 2.99. The fourth-order valence-corrected chi connectivity index (χ4v) is 4.56. The first-order valence-corrected chi connectivity index (χ1v) is 8.39. The standard InChI is InChI=1S/C13H14N2O3S2/c1-17-9-4-2-3-8(11(9)16)13-14-12(15-18-13)10-7-19-5-6-20-10/h2-4,10,16H,5-7H2,1H3. The van der Waals surface area contributed by atoms with Crippen molar-refractivity contribution < 1.29 is 14.4 Å². The Balaban J connectivity index is 1.90. The second-order valence-corrected chi connectivity index (χ2v) is 6.71. The average Bonchev–Trinajstić information content (AvgIpc) is 2.98. The molecule has 0 radical (unpaired) electrons. The zero-order valence-electron chi connectivity index (χ0n) is 10.9. The Kier molecular flexibility index (Phi) is 4.07. The molecule has 1 saturated heterocycles. The molecular formula is C13H14N2O3S2. The van der Waals surface area contributed by atoms with E-state index in [-0.39, 0.29) is 11.0 Å². The molecule has 106 valence electrons. The molecule has 0 aliphatic carbocycles. The normalized spacial score (nSPS) is 18.9. The van der Waals surface area contributed by atoms with Gasteiger partial charge in [0.2, 0.25) is 0 Å². The number of hydrogen-bond donors (Lipinski definition) is 1. The number of thioether (sulfide) groups is 2. The number of benzene rings is 1. The van der Waals surface area contributed by atoms with Gasteiger partial charge in [0.15, 0.2) is 17.3 Å². The predicted octanol–water partition coefficient (Wildman–Crippen LogP) is 2.97. The number of aromatic nitrogens is 2. The number of aromatic hydroxyl groups is 1. The molecule has 7 heteroatoms. The summed E-state index contributed by atoms with van der Waals surface area (Å²) in [5, 5.41) is 14.4. The lowest BCUT2D eigenvalue weighted by Gasteiger charge is -2.16. The molecule has 1 unspecified atom stereocenters. The van der Waals surface area contributed by atoms with Crippen LogP contribution in [0.4, 0.5) is 0 Å². The summed E-state index contributed by atoms with van der Waals surface area (Å²) in [5.41, 5.74) is 0.497. The number of rotatable bonds is 3. The quantitative estimate of drug-likeness (QED) is 0.934. The lowest BCUT2D eigenvalue weighted by molar-refractivity contribution is 0.371. The van der Waals surface area contributed by atoms with E-state index in [1.165, 1.54) is 12.9 Å². The summed E-state index contributed by atoms with van der Waals surface area (Å²) >= 11 is 3.74. The molecule has 1 aromatic carbocycles. The van der Waals surface area contributed by atoms with E-state index in [1.54, 1.807) is 18.2 Å². The number of para-hydroxylation sites is 1. The van der Waals surface area contributed by atoms with E-state index in [2.05, 4.69) is 10.1 Å². The molecule has 20 heavy (non-hydrogen) atoms. The highest BCUT2D eigenvalue weighted by atomic mass is 32.2. The number of phenols is 1. The van der Waals surface area contributed by atoms with Crippen LogP contribution < -0.4 is 4.74 Å². The predicted molar refractivity (Wildman–Crippen MR) is 80.5 cm³/mol. The Bertz CT molecular complexity index is 597. The summed E-state index contributed by atoms with van der Waals surface area (Å²) in [7, 11) is 1.51. The zero-order chi connectivity index (χ0) is 13.9. The van der Waals surface area contributed by atoms with Crippen molar-refractivity contribution in [3.63, 3.8) is 0 Å². The molecule has 2 aromatic rings.